The molecule has 0 aromatic rings. The molecular weight excluding hydrogens is 218 g/mol. The largest absolute Gasteiger partial charge is 0.237 e. The fourth-order valence-corrected chi connectivity index (χ4v) is 3.07. The maximum Gasteiger partial charge on any atom is 0.152 e. The first kappa shape index (κ1) is 15.7. The number of rotatable bonds is 11. The van der Waals surface area contributed by atoms with Gasteiger partial charge in [0.25, 0.3) is 0 Å². The molecule has 1 heteroatoms. The van der Waals surface area contributed by atoms with Crippen molar-refractivity contribution in [3.05, 3.63) is 0 Å². The molecule has 18 heavy (non-hydrogen) atoms. The van der Waals surface area contributed by atoms with Crippen LogP contribution in [0.1, 0.15) is 90.9 Å². The van der Waals surface area contributed by atoms with Gasteiger partial charge in [0.05, 0.1) is 0 Å². The topological polar surface area (TPSA) is 3.01 Å². The zero-order valence-electron chi connectivity index (χ0n) is 12.8. The highest BCUT2D eigenvalue weighted by molar-refractivity contribution is 5.80. The van der Waals surface area contributed by atoms with E-state index in [2.05, 4.69) is 18.4 Å². The van der Waals surface area contributed by atoms with Crippen LogP contribution in [0.3, 0.4) is 0 Å². The van der Waals surface area contributed by atoms with Gasteiger partial charge in [-0.25, -0.2) is 4.58 Å². The van der Waals surface area contributed by atoms with Gasteiger partial charge in [-0.2, -0.15) is 0 Å². The summed E-state index contributed by atoms with van der Waals surface area (Å²) in [5, 5.41) is 0. The van der Waals surface area contributed by atoms with E-state index in [1.165, 1.54) is 90.1 Å². The van der Waals surface area contributed by atoms with Crippen LogP contribution < -0.4 is 0 Å². The standard InChI is InChI=1S/C17H34N/c1-3-5-6-7-8-9-10-11-12-15-18-16-13-14-17(18)4-2/h3-16H2,1-2H3/q+1. The number of nitrogens with zero attached hydrogens (tertiary/aromatic N) is 1. The highest BCUT2D eigenvalue weighted by Gasteiger charge is 2.19. The Labute approximate surface area is 115 Å². The predicted octanol–water partition coefficient (Wildman–Crippen LogP) is 5.17. The zero-order chi connectivity index (χ0) is 13.1. The van der Waals surface area contributed by atoms with Gasteiger partial charge < -0.3 is 0 Å². The molecule has 0 fully saturated rings. The predicted molar refractivity (Wildman–Crippen MR) is 81.8 cm³/mol. The first-order valence-corrected chi connectivity index (χ1v) is 8.48. The molecule has 0 aromatic heterocycles. The second-order valence-electron chi connectivity index (χ2n) is 5.84. The lowest BCUT2D eigenvalue weighted by molar-refractivity contribution is -0.521. The quantitative estimate of drug-likeness (QED) is 0.352. The molecule has 0 spiro atoms. The molecular formula is C17H34N+. The lowest BCUT2D eigenvalue weighted by Crippen LogP contribution is -2.16. The number of unbranched alkanes of at least 4 members (excludes halogenated alkanes) is 8. The molecule has 1 aliphatic heterocycles. The van der Waals surface area contributed by atoms with Gasteiger partial charge in [-0.3, -0.25) is 0 Å². The van der Waals surface area contributed by atoms with Crippen LogP contribution in [0.5, 0.6) is 0 Å². The Morgan fingerprint density at radius 3 is 2.06 bits per heavy atom. The van der Waals surface area contributed by atoms with Crippen molar-refractivity contribution >= 4 is 5.71 Å². The maximum absolute atomic E-state index is 2.65. The second-order valence-corrected chi connectivity index (χ2v) is 5.84. The minimum absolute atomic E-state index is 1.28. The van der Waals surface area contributed by atoms with Crippen LogP contribution >= 0.6 is 0 Å². The number of hydrogen-bond acceptors (Lipinski definition) is 0. The van der Waals surface area contributed by atoms with E-state index < -0.39 is 0 Å². The molecule has 0 atom stereocenters. The molecule has 1 nitrogen and oxygen atoms in total. The molecule has 106 valence electrons. The Morgan fingerprint density at radius 1 is 0.833 bits per heavy atom. The number of hydrogen-bond donors (Lipinski definition) is 0. The van der Waals surface area contributed by atoms with Crippen LogP contribution in [0.4, 0.5) is 0 Å². The molecule has 0 saturated heterocycles. The van der Waals surface area contributed by atoms with Crippen LogP contribution in [0.15, 0.2) is 0 Å². The van der Waals surface area contributed by atoms with Gasteiger partial charge >= 0.3 is 0 Å². The van der Waals surface area contributed by atoms with Gasteiger partial charge in [0.15, 0.2) is 5.71 Å². The Kier molecular flexibility index (Phi) is 9.24. The van der Waals surface area contributed by atoms with Crippen LogP contribution in [0, 0.1) is 0 Å². The molecule has 0 aliphatic carbocycles. The van der Waals surface area contributed by atoms with Crippen molar-refractivity contribution in [2.75, 3.05) is 13.1 Å². The summed E-state index contributed by atoms with van der Waals surface area (Å²) < 4.78 is 2.65. The van der Waals surface area contributed by atoms with Crippen LogP contribution in [-0.2, 0) is 0 Å². The van der Waals surface area contributed by atoms with Crippen molar-refractivity contribution in [1.82, 2.24) is 0 Å². The Morgan fingerprint density at radius 2 is 1.44 bits per heavy atom. The van der Waals surface area contributed by atoms with E-state index in [9.17, 15) is 0 Å². The smallest absolute Gasteiger partial charge is 0.152 e. The molecule has 1 rings (SSSR count). The minimum Gasteiger partial charge on any atom is -0.237 e. The van der Waals surface area contributed by atoms with Gasteiger partial charge in [-0.1, -0.05) is 58.8 Å². The average Bonchev–Trinajstić information content (AvgIpc) is 2.84. The maximum atomic E-state index is 2.65. The molecule has 1 heterocycles. The molecule has 1 aliphatic rings. The van der Waals surface area contributed by atoms with E-state index >= 15 is 0 Å². The van der Waals surface area contributed by atoms with Crippen molar-refractivity contribution < 1.29 is 4.58 Å². The molecule has 0 N–H and O–H groups in total. The molecule has 0 unspecified atom stereocenters. The summed E-state index contributed by atoms with van der Waals surface area (Å²) in [6, 6.07) is 0. The van der Waals surface area contributed by atoms with Crippen LogP contribution in [0.25, 0.3) is 0 Å². The van der Waals surface area contributed by atoms with Crippen LogP contribution in [-0.4, -0.2) is 23.4 Å². The SMILES string of the molecule is CCCCCCCCCCC[N+]1=C(CC)CCC1. The fourth-order valence-electron chi connectivity index (χ4n) is 3.07. The van der Waals surface area contributed by atoms with Crippen molar-refractivity contribution in [2.45, 2.75) is 90.9 Å². The third-order valence-electron chi connectivity index (χ3n) is 4.28. The summed E-state index contributed by atoms with van der Waals surface area (Å²) in [6.07, 6.45) is 17.0. The first-order chi connectivity index (χ1) is 8.88. The van der Waals surface area contributed by atoms with Crippen molar-refractivity contribution in [1.29, 1.82) is 0 Å². The van der Waals surface area contributed by atoms with Gasteiger partial charge in [0.1, 0.15) is 13.1 Å². The first-order valence-electron chi connectivity index (χ1n) is 8.48. The highest BCUT2D eigenvalue weighted by atomic mass is 15.0. The molecule has 0 saturated carbocycles. The van der Waals surface area contributed by atoms with Crippen LogP contribution in [0.2, 0.25) is 0 Å². The summed E-state index contributed by atoms with van der Waals surface area (Å²) in [4.78, 5) is 0. The normalized spacial score (nSPS) is 15.7. The summed E-state index contributed by atoms with van der Waals surface area (Å²) in [6.45, 7) is 7.27. The monoisotopic (exact) mass is 252 g/mol. The summed E-state index contributed by atoms with van der Waals surface area (Å²) in [5.74, 6) is 0. The third-order valence-corrected chi connectivity index (χ3v) is 4.28. The van der Waals surface area contributed by atoms with Crippen molar-refractivity contribution in [3.8, 4) is 0 Å². The molecule has 0 aromatic carbocycles. The Balaban J connectivity index is 1.89. The van der Waals surface area contributed by atoms with Gasteiger partial charge in [-0.15, -0.1) is 0 Å². The van der Waals surface area contributed by atoms with E-state index in [0.29, 0.717) is 0 Å². The summed E-state index contributed by atoms with van der Waals surface area (Å²) in [7, 11) is 0. The summed E-state index contributed by atoms with van der Waals surface area (Å²) >= 11 is 0. The van der Waals surface area contributed by atoms with E-state index in [1.54, 1.807) is 5.71 Å². The van der Waals surface area contributed by atoms with E-state index in [4.69, 9.17) is 0 Å². The fraction of sp³-hybridized carbons (Fsp3) is 0.941. The van der Waals surface area contributed by atoms with E-state index in [-0.39, 0.29) is 0 Å². The van der Waals surface area contributed by atoms with Crippen molar-refractivity contribution in [2.24, 2.45) is 0 Å². The third kappa shape index (κ3) is 6.56. The second kappa shape index (κ2) is 10.6. The van der Waals surface area contributed by atoms with Gasteiger partial charge in [0, 0.05) is 25.7 Å². The minimum atomic E-state index is 1.28. The van der Waals surface area contributed by atoms with Crippen molar-refractivity contribution in [3.63, 3.8) is 0 Å². The van der Waals surface area contributed by atoms with Gasteiger partial charge in [0.2, 0.25) is 0 Å². The average molecular weight is 252 g/mol. The molecule has 0 bridgehead atoms. The Hall–Kier alpha value is -0.330. The zero-order valence-corrected chi connectivity index (χ0v) is 12.8. The molecule has 0 amide bonds. The lowest BCUT2D eigenvalue weighted by Gasteiger charge is -2.03. The highest BCUT2D eigenvalue weighted by Crippen LogP contribution is 2.11. The van der Waals surface area contributed by atoms with E-state index in [1.807, 2.05) is 0 Å². The van der Waals surface area contributed by atoms with Gasteiger partial charge in [-0.05, 0) is 6.42 Å². The lowest BCUT2D eigenvalue weighted by atomic mass is 10.1. The summed E-state index contributed by atoms with van der Waals surface area (Å²) in [5.41, 5.74) is 1.72. The van der Waals surface area contributed by atoms with E-state index in [0.717, 1.165) is 0 Å². The Bertz CT molecular complexity index is 230. The molecule has 0 radical (unpaired) electrons.